The van der Waals surface area contributed by atoms with Crippen LogP contribution in [0.4, 0.5) is 0 Å². The number of hydrogen-bond donors (Lipinski definition) is 0. The standard InChI is InChI=1S/C23H22ClN3O2/c1-2-16-3-5-17(6-4-16)22(28)26-11-13-27(14-12-26)23(29)19-7-9-20-18(15-19)8-10-21(24)25-20/h3-10,15H,2,11-14H2,1H3. The number of halogens is 1. The SMILES string of the molecule is CCc1ccc(C(=O)N2CCN(C(=O)c3ccc4nc(Cl)ccc4c3)CC2)cc1. The summed E-state index contributed by atoms with van der Waals surface area (Å²) in [5.41, 5.74) is 3.29. The highest BCUT2D eigenvalue weighted by Gasteiger charge is 2.25. The lowest BCUT2D eigenvalue weighted by Gasteiger charge is -2.35. The minimum Gasteiger partial charge on any atom is -0.335 e. The zero-order valence-corrected chi connectivity index (χ0v) is 17.0. The van der Waals surface area contributed by atoms with Gasteiger partial charge in [-0.3, -0.25) is 9.59 Å². The van der Waals surface area contributed by atoms with Crippen molar-refractivity contribution in [1.82, 2.24) is 14.8 Å². The largest absolute Gasteiger partial charge is 0.335 e. The fourth-order valence-corrected chi connectivity index (χ4v) is 3.75. The summed E-state index contributed by atoms with van der Waals surface area (Å²) >= 11 is 5.92. The van der Waals surface area contributed by atoms with E-state index in [9.17, 15) is 9.59 Å². The first kappa shape index (κ1) is 19.4. The minimum atomic E-state index is -0.0266. The molecule has 0 atom stereocenters. The molecule has 0 N–H and O–H groups in total. The Bertz CT molecular complexity index is 1060. The van der Waals surface area contributed by atoms with Crippen molar-refractivity contribution in [2.75, 3.05) is 26.2 Å². The van der Waals surface area contributed by atoms with Crippen molar-refractivity contribution in [2.24, 2.45) is 0 Å². The smallest absolute Gasteiger partial charge is 0.253 e. The maximum absolute atomic E-state index is 12.9. The average Bonchev–Trinajstić information content (AvgIpc) is 2.78. The zero-order valence-electron chi connectivity index (χ0n) is 16.3. The maximum Gasteiger partial charge on any atom is 0.253 e. The normalized spacial score (nSPS) is 14.3. The highest BCUT2D eigenvalue weighted by atomic mass is 35.5. The number of hydrogen-bond acceptors (Lipinski definition) is 3. The van der Waals surface area contributed by atoms with Crippen LogP contribution >= 0.6 is 11.6 Å². The molecule has 0 saturated carbocycles. The number of nitrogens with zero attached hydrogens (tertiary/aromatic N) is 3. The van der Waals surface area contributed by atoms with Gasteiger partial charge in [0.1, 0.15) is 5.15 Å². The Morgan fingerprint density at radius 2 is 1.45 bits per heavy atom. The molecule has 2 heterocycles. The van der Waals surface area contributed by atoms with Crippen molar-refractivity contribution >= 4 is 34.3 Å². The van der Waals surface area contributed by atoms with Crippen LogP contribution in [-0.2, 0) is 6.42 Å². The van der Waals surface area contributed by atoms with Crippen LogP contribution in [0.15, 0.2) is 54.6 Å². The molecule has 2 aromatic carbocycles. The van der Waals surface area contributed by atoms with Crippen LogP contribution < -0.4 is 0 Å². The van der Waals surface area contributed by atoms with Crippen LogP contribution in [0.3, 0.4) is 0 Å². The Morgan fingerprint density at radius 1 is 0.862 bits per heavy atom. The molecule has 4 rings (SSSR count). The first-order valence-electron chi connectivity index (χ1n) is 9.79. The molecule has 0 aliphatic carbocycles. The van der Waals surface area contributed by atoms with E-state index in [4.69, 9.17) is 11.6 Å². The van der Waals surface area contributed by atoms with Crippen molar-refractivity contribution in [2.45, 2.75) is 13.3 Å². The van der Waals surface area contributed by atoms with Gasteiger partial charge in [-0.05, 0) is 54.4 Å². The number of aryl methyl sites for hydroxylation is 1. The summed E-state index contributed by atoms with van der Waals surface area (Å²) in [5.74, 6) is -0.00495. The lowest BCUT2D eigenvalue weighted by atomic mass is 10.1. The summed E-state index contributed by atoms with van der Waals surface area (Å²) in [6.07, 6.45) is 0.952. The highest BCUT2D eigenvalue weighted by Crippen LogP contribution is 2.19. The van der Waals surface area contributed by atoms with E-state index >= 15 is 0 Å². The second-order valence-corrected chi connectivity index (χ2v) is 7.56. The number of carbonyl (C=O) groups is 2. The number of amides is 2. The molecule has 5 nitrogen and oxygen atoms in total. The minimum absolute atomic E-state index is 0.0217. The third-order valence-corrected chi connectivity index (χ3v) is 5.58. The molecule has 0 unspecified atom stereocenters. The molecular weight excluding hydrogens is 386 g/mol. The van der Waals surface area contributed by atoms with E-state index in [2.05, 4.69) is 11.9 Å². The summed E-state index contributed by atoms with van der Waals surface area (Å²) in [5, 5.41) is 1.31. The van der Waals surface area contributed by atoms with E-state index in [1.807, 2.05) is 47.4 Å². The Morgan fingerprint density at radius 3 is 2.07 bits per heavy atom. The fourth-order valence-electron chi connectivity index (χ4n) is 3.59. The lowest BCUT2D eigenvalue weighted by Crippen LogP contribution is -2.50. The van der Waals surface area contributed by atoms with Crippen LogP contribution in [0.1, 0.15) is 33.2 Å². The average molecular weight is 408 g/mol. The summed E-state index contributed by atoms with van der Waals surface area (Å²) in [6.45, 7) is 4.20. The highest BCUT2D eigenvalue weighted by molar-refractivity contribution is 6.29. The Labute approximate surface area is 174 Å². The Kier molecular flexibility index (Phi) is 5.49. The van der Waals surface area contributed by atoms with Crippen LogP contribution in [0.2, 0.25) is 5.15 Å². The van der Waals surface area contributed by atoms with Crippen LogP contribution in [-0.4, -0.2) is 52.8 Å². The molecular formula is C23H22ClN3O2. The van der Waals surface area contributed by atoms with E-state index in [1.54, 1.807) is 17.0 Å². The third kappa shape index (κ3) is 4.10. The van der Waals surface area contributed by atoms with E-state index in [0.29, 0.717) is 42.5 Å². The molecule has 2 amide bonds. The van der Waals surface area contributed by atoms with Crippen LogP contribution in [0.5, 0.6) is 0 Å². The molecule has 6 heteroatoms. The second kappa shape index (κ2) is 8.21. The van der Waals surface area contributed by atoms with Crippen LogP contribution in [0, 0.1) is 0 Å². The van der Waals surface area contributed by atoms with Crippen molar-refractivity contribution < 1.29 is 9.59 Å². The summed E-state index contributed by atoms with van der Waals surface area (Å²) in [6, 6.07) is 16.8. The van der Waals surface area contributed by atoms with Gasteiger partial charge in [0, 0.05) is 42.7 Å². The van der Waals surface area contributed by atoms with Crippen molar-refractivity contribution in [1.29, 1.82) is 0 Å². The van der Waals surface area contributed by atoms with Gasteiger partial charge in [0.15, 0.2) is 0 Å². The third-order valence-electron chi connectivity index (χ3n) is 5.37. The molecule has 29 heavy (non-hydrogen) atoms. The van der Waals surface area contributed by atoms with E-state index in [0.717, 1.165) is 17.3 Å². The van der Waals surface area contributed by atoms with Gasteiger partial charge < -0.3 is 9.80 Å². The van der Waals surface area contributed by atoms with Crippen molar-refractivity contribution in [3.63, 3.8) is 0 Å². The number of carbonyl (C=O) groups excluding carboxylic acids is 2. The Hall–Kier alpha value is -2.92. The monoisotopic (exact) mass is 407 g/mol. The number of pyridine rings is 1. The van der Waals surface area contributed by atoms with Gasteiger partial charge in [0.05, 0.1) is 5.52 Å². The molecule has 148 valence electrons. The van der Waals surface area contributed by atoms with Gasteiger partial charge in [-0.15, -0.1) is 0 Å². The van der Waals surface area contributed by atoms with Crippen LogP contribution in [0.25, 0.3) is 10.9 Å². The van der Waals surface area contributed by atoms with Gasteiger partial charge in [-0.2, -0.15) is 0 Å². The molecule has 0 spiro atoms. The first-order chi connectivity index (χ1) is 14.0. The molecule has 3 aromatic rings. The lowest BCUT2D eigenvalue weighted by molar-refractivity contribution is 0.0535. The second-order valence-electron chi connectivity index (χ2n) is 7.18. The predicted molar refractivity (Wildman–Crippen MR) is 114 cm³/mol. The maximum atomic E-state index is 12.9. The van der Waals surface area contributed by atoms with Gasteiger partial charge in [0.2, 0.25) is 0 Å². The van der Waals surface area contributed by atoms with Gasteiger partial charge in [0.25, 0.3) is 11.8 Å². The molecule has 1 aliphatic heterocycles. The molecule has 1 aliphatic rings. The topological polar surface area (TPSA) is 53.5 Å². The predicted octanol–water partition coefficient (Wildman–Crippen LogP) is 4.05. The van der Waals surface area contributed by atoms with Gasteiger partial charge in [-0.1, -0.05) is 30.7 Å². The summed E-state index contributed by atoms with van der Waals surface area (Å²) < 4.78 is 0. The quantitative estimate of drug-likeness (QED) is 0.615. The number of rotatable bonds is 3. The van der Waals surface area contributed by atoms with E-state index in [-0.39, 0.29) is 11.8 Å². The van der Waals surface area contributed by atoms with Crippen molar-refractivity contribution in [3.8, 4) is 0 Å². The molecule has 1 aromatic heterocycles. The Balaban J connectivity index is 1.41. The fraction of sp³-hybridized carbons (Fsp3) is 0.261. The number of aromatic nitrogens is 1. The van der Waals surface area contributed by atoms with Gasteiger partial charge >= 0.3 is 0 Å². The summed E-state index contributed by atoms with van der Waals surface area (Å²) in [7, 11) is 0. The molecule has 1 fully saturated rings. The number of piperazine rings is 1. The van der Waals surface area contributed by atoms with E-state index < -0.39 is 0 Å². The molecule has 0 radical (unpaired) electrons. The summed E-state index contributed by atoms with van der Waals surface area (Å²) in [4.78, 5) is 33.5. The number of fused-ring (bicyclic) bond motifs is 1. The zero-order chi connectivity index (χ0) is 20.4. The first-order valence-corrected chi connectivity index (χ1v) is 10.2. The van der Waals surface area contributed by atoms with E-state index in [1.165, 1.54) is 5.56 Å². The molecule has 1 saturated heterocycles. The van der Waals surface area contributed by atoms with Gasteiger partial charge in [-0.25, -0.2) is 4.98 Å². The molecule has 0 bridgehead atoms. The number of benzene rings is 2. The van der Waals surface area contributed by atoms with Crippen molar-refractivity contribution in [3.05, 3.63) is 76.4 Å².